The maximum atomic E-state index is 11.7. The third-order valence-corrected chi connectivity index (χ3v) is 3.57. The third-order valence-electron chi connectivity index (χ3n) is 2.48. The number of benzene rings is 2. The van der Waals surface area contributed by atoms with Crippen molar-refractivity contribution >= 4 is 23.5 Å². The smallest absolute Gasteiger partial charge is 0.321 e. The Bertz CT molecular complexity index is 561. The van der Waals surface area contributed by atoms with E-state index in [1.54, 1.807) is 11.8 Å². The third kappa shape index (κ3) is 4.29. The Labute approximate surface area is 122 Å². The molecule has 0 bridgehead atoms. The second-order valence-electron chi connectivity index (χ2n) is 3.98. The van der Waals surface area contributed by atoms with Crippen molar-refractivity contribution in [2.24, 2.45) is 0 Å². The molecule has 0 fully saturated rings. The zero-order valence-electron chi connectivity index (χ0n) is 11.1. The number of carbonyl (C=O) groups is 1. The summed E-state index contributed by atoms with van der Waals surface area (Å²) >= 11 is 1.61. The predicted molar refractivity (Wildman–Crippen MR) is 81.0 cm³/mol. The number of para-hydroxylation sites is 1. The number of nitrogens with one attached hydrogen (secondary N) is 2. The van der Waals surface area contributed by atoms with Crippen LogP contribution in [0.15, 0.2) is 64.4 Å². The minimum Gasteiger partial charge on any atom is -0.364 e. The zero-order valence-corrected chi connectivity index (χ0v) is 11.9. The van der Waals surface area contributed by atoms with Crippen LogP contribution in [0.25, 0.3) is 0 Å². The first-order valence-electron chi connectivity index (χ1n) is 6.15. The van der Waals surface area contributed by atoms with E-state index < -0.39 is 0 Å². The highest BCUT2D eigenvalue weighted by atomic mass is 32.2. The van der Waals surface area contributed by atoms with Crippen LogP contribution in [0.2, 0.25) is 0 Å². The molecule has 0 aromatic heterocycles. The Hall–Kier alpha value is -1.98. The Morgan fingerprint density at radius 2 is 1.80 bits per heavy atom. The van der Waals surface area contributed by atoms with Crippen LogP contribution in [0.3, 0.4) is 0 Å². The van der Waals surface area contributed by atoms with Crippen LogP contribution in [0, 0.1) is 0 Å². The normalized spacial score (nSPS) is 10.1. The molecule has 0 heterocycles. The zero-order chi connectivity index (χ0) is 14.2. The van der Waals surface area contributed by atoms with Crippen LogP contribution in [-0.4, -0.2) is 19.9 Å². The van der Waals surface area contributed by atoms with E-state index in [0.29, 0.717) is 0 Å². The van der Waals surface area contributed by atoms with Gasteiger partial charge in [-0.15, -0.1) is 0 Å². The minimum absolute atomic E-state index is 0.180. The first kappa shape index (κ1) is 14.4. The molecule has 104 valence electrons. The van der Waals surface area contributed by atoms with Gasteiger partial charge in [-0.05, 0) is 24.3 Å². The van der Waals surface area contributed by atoms with Crippen LogP contribution in [0.5, 0.6) is 0 Å². The van der Waals surface area contributed by atoms with Crippen molar-refractivity contribution in [2.45, 2.75) is 9.79 Å². The first-order chi connectivity index (χ1) is 9.79. The molecular weight excluding hydrogens is 272 g/mol. The molecule has 2 amide bonds. The van der Waals surface area contributed by atoms with Gasteiger partial charge in [0.1, 0.15) is 6.73 Å². The highest BCUT2D eigenvalue weighted by molar-refractivity contribution is 7.99. The molecule has 2 N–H and O–H groups in total. The van der Waals surface area contributed by atoms with Gasteiger partial charge in [0.15, 0.2) is 0 Å². The van der Waals surface area contributed by atoms with Gasteiger partial charge in [-0.3, -0.25) is 0 Å². The highest BCUT2D eigenvalue weighted by Crippen LogP contribution is 2.32. The van der Waals surface area contributed by atoms with Crippen LogP contribution < -0.4 is 10.6 Å². The summed E-state index contributed by atoms with van der Waals surface area (Å²) < 4.78 is 4.80. The maximum absolute atomic E-state index is 11.7. The lowest BCUT2D eigenvalue weighted by Crippen LogP contribution is -2.30. The van der Waals surface area contributed by atoms with Gasteiger partial charge in [0.2, 0.25) is 0 Å². The summed E-state index contributed by atoms with van der Waals surface area (Å²) in [5.74, 6) is 0. The Kier molecular flexibility index (Phi) is 5.46. The van der Waals surface area contributed by atoms with Gasteiger partial charge in [-0.2, -0.15) is 0 Å². The van der Waals surface area contributed by atoms with Crippen molar-refractivity contribution in [1.29, 1.82) is 0 Å². The molecule has 0 atom stereocenters. The lowest BCUT2D eigenvalue weighted by Gasteiger charge is -2.11. The van der Waals surface area contributed by atoms with Gasteiger partial charge in [-0.1, -0.05) is 42.1 Å². The number of carbonyl (C=O) groups excluding carboxylic acids is 1. The molecule has 5 heteroatoms. The van der Waals surface area contributed by atoms with Gasteiger partial charge in [0.05, 0.1) is 5.69 Å². The second-order valence-corrected chi connectivity index (χ2v) is 5.09. The molecule has 0 saturated carbocycles. The summed E-state index contributed by atoms with van der Waals surface area (Å²) in [5, 5.41) is 5.41. The molecule has 0 aliphatic rings. The van der Waals surface area contributed by atoms with Gasteiger partial charge < -0.3 is 15.4 Å². The van der Waals surface area contributed by atoms with Gasteiger partial charge in [-0.25, -0.2) is 4.79 Å². The van der Waals surface area contributed by atoms with E-state index in [1.807, 2.05) is 54.6 Å². The van der Waals surface area contributed by atoms with E-state index in [1.165, 1.54) is 7.11 Å². The number of hydrogen-bond donors (Lipinski definition) is 2. The number of urea groups is 1. The van der Waals surface area contributed by atoms with E-state index in [-0.39, 0.29) is 12.8 Å². The molecule has 2 aromatic rings. The summed E-state index contributed by atoms with van der Waals surface area (Å²) in [6, 6.07) is 17.4. The fourth-order valence-electron chi connectivity index (χ4n) is 1.58. The number of amides is 2. The average Bonchev–Trinajstić information content (AvgIpc) is 2.48. The molecule has 0 aliphatic heterocycles. The Balaban J connectivity index is 2.08. The standard InChI is InChI=1S/C15H16N2O2S/c1-19-11-16-15(18)17-13-9-5-6-10-14(13)20-12-7-3-2-4-8-12/h2-10H,11H2,1H3,(H2,16,17,18). The molecule has 4 nitrogen and oxygen atoms in total. The molecular formula is C15H16N2O2S. The molecule has 0 spiro atoms. The number of anilines is 1. The summed E-state index contributed by atoms with van der Waals surface area (Å²) in [6.45, 7) is 0.180. The molecule has 0 unspecified atom stereocenters. The summed E-state index contributed by atoms with van der Waals surface area (Å²) in [7, 11) is 1.53. The fourth-order valence-corrected chi connectivity index (χ4v) is 2.50. The highest BCUT2D eigenvalue weighted by Gasteiger charge is 2.07. The predicted octanol–water partition coefficient (Wildman–Crippen LogP) is 3.56. The quantitative estimate of drug-likeness (QED) is 0.827. The molecule has 0 aliphatic carbocycles. The molecule has 20 heavy (non-hydrogen) atoms. The number of hydrogen-bond acceptors (Lipinski definition) is 3. The topological polar surface area (TPSA) is 50.4 Å². The van der Waals surface area contributed by atoms with Crippen molar-refractivity contribution in [3.05, 3.63) is 54.6 Å². The SMILES string of the molecule is COCNC(=O)Nc1ccccc1Sc1ccccc1. The van der Waals surface area contributed by atoms with E-state index in [9.17, 15) is 4.79 Å². The van der Waals surface area contributed by atoms with Crippen molar-refractivity contribution in [3.63, 3.8) is 0 Å². The van der Waals surface area contributed by atoms with Gasteiger partial charge in [0, 0.05) is 16.9 Å². The molecule has 2 rings (SSSR count). The summed E-state index contributed by atoms with van der Waals surface area (Å²) in [4.78, 5) is 13.8. The first-order valence-corrected chi connectivity index (χ1v) is 6.97. The molecule has 2 aromatic carbocycles. The second kappa shape index (κ2) is 7.57. The van der Waals surface area contributed by atoms with Gasteiger partial charge >= 0.3 is 6.03 Å². The van der Waals surface area contributed by atoms with E-state index in [2.05, 4.69) is 10.6 Å². The minimum atomic E-state index is -0.284. The van der Waals surface area contributed by atoms with E-state index in [0.717, 1.165) is 15.5 Å². The lowest BCUT2D eigenvalue weighted by atomic mass is 10.3. The monoisotopic (exact) mass is 288 g/mol. The molecule has 0 saturated heterocycles. The summed E-state index contributed by atoms with van der Waals surface area (Å²) in [6.07, 6.45) is 0. The Morgan fingerprint density at radius 1 is 1.10 bits per heavy atom. The number of methoxy groups -OCH3 is 1. The largest absolute Gasteiger partial charge is 0.364 e. The van der Waals surface area contributed by atoms with Crippen molar-refractivity contribution in [2.75, 3.05) is 19.2 Å². The van der Waals surface area contributed by atoms with Crippen LogP contribution in [-0.2, 0) is 4.74 Å². The number of ether oxygens (including phenoxy) is 1. The maximum Gasteiger partial charge on any atom is 0.321 e. The van der Waals surface area contributed by atoms with Crippen molar-refractivity contribution < 1.29 is 9.53 Å². The van der Waals surface area contributed by atoms with E-state index >= 15 is 0 Å². The van der Waals surface area contributed by atoms with Crippen LogP contribution >= 0.6 is 11.8 Å². The molecule has 0 radical (unpaired) electrons. The fraction of sp³-hybridized carbons (Fsp3) is 0.133. The van der Waals surface area contributed by atoms with Gasteiger partial charge in [0.25, 0.3) is 0 Å². The number of rotatable bonds is 5. The van der Waals surface area contributed by atoms with E-state index in [4.69, 9.17) is 4.74 Å². The lowest BCUT2D eigenvalue weighted by molar-refractivity contribution is 0.177. The van der Waals surface area contributed by atoms with Crippen molar-refractivity contribution in [1.82, 2.24) is 5.32 Å². The van der Waals surface area contributed by atoms with Crippen molar-refractivity contribution in [3.8, 4) is 0 Å². The van der Waals surface area contributed by atoms with Crippen LogP contribution in [0.4, 0.5) is 10.5 Å². The summed E-state index contributed by atoms with van der Waals surface area (Å²) in [5.41, 5.74) is 0.773. The Morgan fingerprint density at radius 3 is 2.55 bits per heavy atom. The van der Waals surface area contributed by atoms with Crippen LogP contribution in [0.1, 0.15) is 0 Å². The average molecular weight is 288 g/mol.